The molecule has 1 aromatic carbocycles. The molecule has 0 aromatic heterocycles. The van der Waals surface area contributed by atoms with E-state index in [0.29, 0.717) is 12.8 Å². The molecule has 0 radical (unpaired) electrons. The molecule has 0 saturated heterocycles. The number of carboxylic acids is 1. The highest BCUT2D eigenvalue weighted by Gasteiger charge is 2.22. The molecule has 7 heteroatoms. The highest BCUT2D eigenvalue weighted by molar-refractivity contribution is 7.89. The maximum atomic E-state index is 13.5. The molecule has 0 aliphatic heterocycles. The monoisotopic (exact) mass is 317 g/mol. The van der Waals surface area contributed by atoms with Crippen molar-refractivity contribution in [3.8, 4) is 0 Å². The molecule has 0 atom stereocenters. The van der Waals surface area contributed by atoms with E-state index in [4.69, 9.17) is 5.11 Å². The summed E-state index contributed by atoms with van der Waals surface area (Å²) in [6.45, 7) is 3.87. The van der Waals surface area contributed by atoms with Gasteiger partial charge in [-0.2, -0.15) is 0 Å². The van der Waals surface area contributed by atoms with E-state index in [9.17, 15) is 17.6 Å². The van der Waals surface area contributed by atoms with Gasteiger partial charge in [0.2, 0.25) is 10.0 Å². The Morgan fingerprint density at radius 1 is 1.29 bits per heavy atom. The number of carboxylic acid groups (broad SMARTS) is 1. The van der Waals surface area contributed by atoms with Crippen molar-refractivity contribution in [3.05, 3.63) is 30.1 Å². The number of sulfonamides is 1. The minimum atomic E-state index is -3.89. The molecule has 21 heavy (non-hydrogen) atoms. The second kappa shape index (κ2) is 7.00. The van der Waals surface area contributed by atoms with E-state index in [2.05, 4.69) is 4.72 Å². The molecule has 2 N–H and O–H groups in total. The van der Waals surface area contributed by atoms with Crippen LogP contribution in [0, 0.1) is 11.2 Å². The molecule has 0 heterocycles. The van der Waals surface area contributed by atoms with Crippen molar-refractivity contribution in [2.24, 2.45) is 5.41 Å². The van der Waals surface area contributed by atoms with Gasteiger partial charge in [0.15, 0.2) is 0 Å². The molecule has 0 unspecified atom stereocenters. The van der Waals surface area contributed by atoms with Crippen molar-refractivity contribution in [2.45, 2.75) is 38.0 Å². The van der Waals surface area contributed by atoms with Crippen LogP contribution < -0.4 is 4.72 Å². The average Bonchev–Trinajstić information content (AvgIpc) is 2.36. The maximum Gasteiger partial charge on any atom is 0.303 e. The van der Waals surface area contributed by atoms with Gasteiger partial charge in [-0.3, -0.25) is 4.79 Å². The Labute approximate surface area is 124 Å². The van der Waals surface area contributed by atoms with Crippen LogP contribution in [0.3, 0.4) is 0 Å². The molecule has 0 amide bonds. The van der Waals surface area contributed by atoms with E-state index in [1.807, 2.05) is 13.8 Å². The van der Waals surface area contributed by atoms with Crippen LogP contribution in [0.25, 0.3) is 0 Å². The first-order chi connectivity index (χ1) is 9.64. The van der Waals surface area contributed by atoms with E-state index in [-0.39, 0.29) is 23.3 Å². The molecular formula is C14H20FNO4S. The normalized spacial score (nSPS) is 12.3. The largest absolute Gasteiger partial charge is 0.481 e. The van der Waals surface area contributed by atoms with Gasteiger partial charge in [-0.1, -0.05) is 26.0 Å². The highest BCUT2D eigenvalue weighted by Crippen LogP contribution is 2.26. The molecular weight excluding hydrogens is 297 g/mol. The van der Waals surface area contributed by atoms with Crippen molar-refractivity contribution >= 4 is 16.0 Å². The zero-order valence-corrected chi connectivity index (χ0v) is 12.9. The Bertz CT molecular complexity index is 599. The number of nitrogens with one attached hydrogen (secondary N) is 1. The Morgan fingerprint density at radius 2 is 1.90 bits per heavy atom. The predicted molar refractivity (Wildman–Crippen MR) is 76.9 cm³/mol. The average molecular weight is 317 g/mol. The number of benzene rings is 1. The quantitative estimate of drug-likeness (QED) is 0.771. The van der Waals surface area contributed by atoms with E-state index in [0.717, 1.165) is 6.07 Å². The first-order valence-corrected chi connectivity index (χ1v) is 8.08. The lowest BCUT2D eigenvalue weighted by molar-refractivity contribution is -0.137. The zero-order chi connectivity index (χ0) is 16.1. The third kappa shape index (κ3) is 5.81. The van der Waals surface area contributed by atoms with Crippen molar-refractivity contribution < 1.29 is 22.7 Å². The summed E-state index contributed by atoms with van der Waals surface area (Å²) in [5, 5.41) is 8.66. The summed E-state index contributed by atoms with van der Waals surface area (Å²) < 4.78 is 39.7. The van der Waals surface area contributed by atoms with E-state index in [1.165, 1.54) is 18.2 Å². The van der Waals surface area contributed by atoms with Crippen LogP contribution in [-0.4, -0.2) is 26.0 Å². The fourth-order valence-corrected chi connectivity index (χ4v) is 2.94. The second-order valence-electron chi connectivity index (χ2n) is 5.64. The lowest BCUT2D eigenvalue weighted by Gasteiger charge is -2.23. The minimum absolute atomic E-state index is 0.0348. The molecule has 0 fully saturated rings. The molecule has 0 aliphatic carbocycles. The first kappa shape index (κ1) is 17.6. The number of carbonyl (C=O) groups is 1. The van der Waals surface area contributed by atoms with Gasteiger partial charge >= 0.3 is 5.97 Å². The fraction of sp³-hybridized carbons (Fsp3) is 0.500. The van der Waals surface area contributed by atoms with Gasteiger partial charge in [0, 0.05) is 13.0 Å². The van der Waals surface area contributed by atoms with Gasteiger partial charge in [0.05, 0.1) is 0 Å². The van der Waals surface area contributed by atoms with Gasteiger partial charge < -0.3 is 5.11 Å². The number of rotatable bonds is 8. The molecule has 1 aromatic rings. The summed E-state index contributed by atoms with van der Waals surface area (Å²) in [5.74, 6) is -1.68. The van der Waals surface area contributed by atoms with E-state index in [1.54, 1.807) is 0 Å². The molecule has 0 bridgehead atoms. The van der Waals surface area contributed by atoms with Gasteiger partial charge in [0.25, 0.3) is 0 Å². The van der Waals surface area contributed by atoms with Crippen molar-refractivity contribution in [1.82, 2.24) is 4.72 Å². The van der Waals surface area contributed by atoms with Gasteiger partial charge in [-0.25, -0.2) is 17.5 Å². The van der Waals surface area contributed by atoms with E-state index < -0.39 is 21.8 Å². The lowest BCUT2D eigenvalue weighted by atomic mass is 9.84. The Balaban J connectivity index is 2.59. The molecule has 1 rings (SSSR count). The van der Waals surface area contributed by atoms with Crippen LogP contribution in [0.5, 0.6) is 0 Å². The SMILES string of the molecule is CC(C)(CCNS(=O)(=O)c1ccccc1F)CCC(=O)O. The summed E-state index contributed by atoms with van der Waals surface area (Å²) in [5.41, 5.74) is -0.309. The van der Waals surface area contributed by atoms with Crippen molar-refractivity contribution in [2.75, 3.05) is 6.54 Å². The summed E-state index contributed by atoms with van der Waals surface area (Å²) in [7, 11) is -3.89. The predicted octanol–water partition coefficient (Wildman–Crippen LogP) is 2.39. The van der Waals surface area contributed by atoms with Crippen LogP contribution in [-0.2, 0) is 14.8 Å². The Hall–Kier alpha value is -1.47. The zero-order valence-electron chi connectivity index (χ0n) is 12.1. The smallest absolute Gasteiger partial charge is 0.303 e. The third-order valence-corrected chi connectivity index (χ3v) is 4.73. The molecule has 0 saturated carbocycles. The highest BCUT2D eigenvalue weighted by atomic mass is 32.2. The van der Waals surface area contributed by atoms with Gasteiger partial charge in [-0.15, -0.1) is 0 Å². The summed E-state index contributed by atoms with van der Waals surface area (Å²) in [6, 6.07) is 5.16. The molecule has 0 spiro atoms. The van der Waals surface area contributed by atoms with Crippen LogP contribution >= 0.6 is 0 Å². The van der Waals surface area contributed by atoms with Crippen LogP contribution in [0.2, 0.25) is 0 Å². The van der Waals surface area contributed by atoms with Crippen molar-refractivity contribution in [1.29, 1.82) is 0 Å². The van der Waals surface area contributed by atoms with Crippen LogP contribution in [0.1, 0.15) is 33.1 Å². The Kier molecular flexibility index (Phi) is 5.86. The third-order valence-electron chi connectivity index (χ3n) is 3.24. The van der Waals surface area contributed by atoms with Crippen LogP contribution in [0.15, 0.2) is 29.2 Å². The van der Waals surface area contributed by atoms with Gasteiger partial charge in [-0.05, 0) is 30.4 Å². The number of aliphatic carboxylic acids is 1. The maximum absolute atomic E-state index is 13.5. The molecule has 0 aliphatic rings. The molecule has 118 valence electrons. The summed E-state index contributed by atoms with van der Waals surface area (Å²) in [6.07, 6.45) is 0.949. The minimum Gasteiger partial charge on any atom is -0.481 e. The first-order valence-electron chi connectivity index (χ1n) is 6.60. The topological polar surface area (TPSA) is 83.5 Å². The molecule has 5 nitrogen and oxygen atoms in total. The summed E-state index contributed by atoms with van der Waals surface area (Å²) >= 11 is 0. The van der Waals surface area contributed by atoms with Gasteiger partial charge in [0.1, 0.15) is 10.7 Å². The standard InChI is InChI=1S/C14H20FNO4S/c1-14(2,8-7-13(17)18)9-10-16-21(19,20)12-6-4-3-5-11(12)15/h3-6,16H,7-10H2,1-2H3,(H,17,18). The summed E-state index contributed by atoms with van der Waals surface area (Å²) in [4.78, 5) is 10.2. The van der Waals surface area contributed by atoms with Crippen LogP contribution in [0.4, 0.5) is 4.39 Å². The fourth-order valence-electron chi connectivity index (χ4n) is 1.83. The van der Waals surface area contributed by atoms with E-state index >= 15 is 0 Å². The second-order valence-corrected chi connectivity index (χ2v) is 7.37. The number of halogens is 1. The van der Waals surface area contributed by atoms with Crippen molar-refractivity contribution in [3.63, 3.8) is 0 Å². The number of hydrogen-bond acceptors (Lipinski definition) is 3. The lowest BCUT2D eigenvalue weighted by Crippen LogP contribution is -2.29. The Morgan fingerprint density at radius 3 is 2.48 bits per heavy atom. The number of hydrogen-bond donors (Lipinski definition) is 2.